The van der Waals surface area contributed by atoms with Gasteiger partial charge < -0.3 is 9.84 Å². The summed E-state index contributed by atoms with van der Waals surface area (Å²) in [6.07, 6.45) is 14.9. The third kappa shape index (κ3) is 21.2. The molecule has 0 saturated heterocycles. The lowest BCUT2D eigenvalue weighted by Gasteiger charge is -2.24. The van der Waals surface area contributed by atoms with Gasteiger partial charge in [0.05, 0.1) is 6.61 Å². The molecule has 28 heavy (non-hydrogen) atoms. The van der Waals surface area contributed by atoms with Crippen LogP contribution >= 0.6 is 0 Å². The van der Waals surface area contributed by atoms with Crippen LogP contribution in [0.15, 0.2) is 0 Å². The van der Waals surface area contributed by atoms with Crippen LogP contribution in [0.1, 0.15) is 113 Å². The van der Waals surface area contributed by atoms with Crippen LogP contribution in [0, 0.1) is 23.7 Å². The van der Waals surface area contributed by atoms with Crippen LogP contribution in [0.3, 0.4) is 0 Å². The van der Waals surface area contributed by atoms with Crippen LogP contribution in [-0.4, -0.2) is 23.7 Å². The lowest BCUT2D eigenvalue weighted by atomic mass is 9.82. The standard InChI is InChI=1S/2C9H18.C4H8O2.C2H4O2/c2*1-8(2)9-6-4-3-5-7-9;1-3-6-4(2)5;1-2(3)4/h2*8-9H,3-7H2,1-2H3;3H2,1-2H3;1H3,(H,3,4). The highest BCUT2D eigenvalue weighted by Crippen LogP contribution is 2.29. The molecule has 168 valence electrons. The molecular weight excluding hydrogens is 352 g/mol. The number of carbonyl (C=O) groups excluding carboxylic acids is 1. The third-order valence-electron chi connectivity index (χ3n) is 5.53. The molecular formula is C24H48O4. The number of carboxylic acids is 1. The zero-order valence-electron chi connectivity index (χ0n) is 19.8. The average Bonchev–Trinajstić information content (AvgIpc) is 2.63. The average molecular weight is 401 g/mol. The smallest absolute Gasteiger partial charge is 0.302 e. The van der Waals surface area contributed by atoms with Gasteiger partial charge in [0.15, 0.2) is 0 Å². The number of ether oxygens (including phenoxy) is 1. The molecule has 0 atom stereocenters. The predicted octanol–water partition coefficient (Wildman–Crippen LogP) is 7.11. The maximum Gasteiger partial charge on any atom is 0.302 e. The van der Waals surface area contributed by atoms with E-state index in [9.17, 15) is 4.79 Å². The van der Waals surface area contributed by atoms with E-state index in [0.29, 0.717) is 6.61 Å². The van der Waals surface area contributed by atoms with Crippen molar-refractivity contribution in [1.29, 1.82) is 0 Å². The molecule has 0 amide bonds. The van der Waals surface area contributed by atoms with Gasteiger partial charge in [-0.1, -0.05) is 91.9 Å². The molecule has 4 nitrogen and oxygen atoms in total. The Morgan fingerprint density at radius 2 is 1.07 bits per heavy atom. The van der Waals surface area contributed by atoms with Crippen molar-refractivity contribution < 1.29 is 19.4 Å². The molecule has 0 unspecified atom stereocenters. The molecule has 2 saturated carbocycles. The van der Waals surface area contributed by atoms with Crippen LogP contribution in [-0.2, 0) is 14.3 Å². The fourth-order valence-electron chi connectivity index (χ4n) is 3.80. The first-order valence-electron chi connectivity index (χ1n) is 11.4. The summed E-state index contributed by atoms with van der Waals surface area (Å²) in [5.74, 6) is 2.94. The number of esters is 1. The highest BCUT2D eigenvalue weighted by atomic mass is 16.5. The predicted molar refractivity (Wildman–Crippen MR) is 118 cm³/mol. The Labute approximate surface area is 174 Å². The monoisotopic (exact) mass is 400 g/mol. The Kier molecular flexibility index (Phi) is 20.1. The Morgan fingerprint density at radius 1 is 0.786 bits per heavy atom. The van der Waals surface area contributed by atoms with Gasteiger partial charge >= 0.3 is 5.97 Å². The molecule has 1 N–H and O–H groups in total. The molecule has 0 aromatic heterocycles. The van der Waals surface area contributed by atoms with E-state index in [-0.39, 0.29) is 5.97 Å². The molecule has 2 aliphatic carbocycles. The highest BCUT2D eigenvalue weighted by molar-refractivity contribution is 5.65. The van der Waals surface area contributed by atoms with Gasteiger partial charge in [0.25, 0.3) is 5.97 Å². The van der Waals surface area contributed by atoms with E-state index in [1.165, 1.54) is 71.1 Å². The number of rotatable bonds is 3. The number of hydrogen-bond acceptors (Lipinski definition) is 3. The SMILES string of the molecule is CC(=O)O.CC(C)C1CCCCC1.CC(C)C1CCCCC1.CCOC(C)=O. The normalized spacial score (nSPS) is 17.3. The Morgan fingerprint density at radius 3 is 1.18 bits per heavy atom. The van der Waals surface area contributed by atoms with Crippen molar-refractivity contribution in [2.45, 2.75) is 113 Å². The van der Waals surface area contributed by atoms with E-state index >= 15 is 0 Å². The van der Waals surface area contributed by atoms with E-state index < -0.39 is 5.97 Å². The number of hydrogen-bond donors (Lipinski definition) is 1. The molecule has 0 heterocycles. The summed E-state index contributed by atoms with van der Waals surface area (Å²) in [5.41, 5.74) is 0. The molecule has 2 rings (SSSR count). The summed E-state index contributed by atoms with van der Waals surface area (Å²) in [6, 6.07) is 0. The van der Waals surface area contributed by atoms with Crippen LogP contribution in [0.2, 0.25) is 0 Å². The first-order valence-corrected chi connectivity index (χ1v) is 11.4. The van der Waals surface area contributed by atoms with Gasteiger partial charge in [-0.2, -0.15) is 0 Å². The van der Waals surface area contributed by atoms with Gasteiger partial charge in [0, 0.05) is 13.8 Å². The molecule has 2 aliphatic rings. The van der Waals surface area contributed by atoms with E-state index in [1.807, 2.05) is 0 Å². The zero-order chi connectivity index (χ0) is 21.9. The minimum absolute atomic E-state index is 0.211. The summed E-state index contributed by atoms with van der Waals surface area (Å²) in [6.45, 7) is 14.2. The van der Waals surface area contributed by atoms with Crippen molar-refractivity contribution in [1.82, 2.24) is 0 Å². The lowest BCUT2D eigenvalue weighted by molar-refractivity contribution is -0.140. The van der Waals surface area contributed by atoms with Crippen molar-refractivity contribution in [2.75, 3.05) is 6.61 Å². The first-order chi connectivity index (χ1) is 13.1. The second-order valence-corrected chi connectivity index (χ2v) is 8.73. The first kappa shape index (κ1) is 29.1. The largest absolute Gasteiger partial charge is 0.481 e. The van der Waals surface area contributed by atoms with Gasteiger partial charge in [-0.05, 0) is 30.6 Å². The van der Waals surface area contributed by atoms with Crippen molar-refractivity contribution in [3.63, 3.8) is 0 Å². The van der Waals surface area contributed by atoms with E-state index in [2.05, 4.69) is 32.4 Å². The van der Waals surface area contributed by atoms with Crippen LogP contribution in [0.25, 0.3) is 0 Å². The van der Waals surface area contributed by atoms with Crippen LogP contribution < -0.4 is 0 Å². The molecule has 0 aromatic carbocycles. The Hall–Kier alpha value is -1.06. The molecule has 0 spiro atoms. The lowest BCUT2D eigenvalue weighted by Crippen LogP contribution is -2.12. The summed E-state index contributed by atoms with van der Waals surface area (Å²) in [5, 5.41) is 7.42. The number of carbonyl (C=O) groups is 2. The molecule has 0 radical (unpaired) electrons. The topological polar surface area (TPSA) is 63.6 Å². The summed E-state index contributed by atoms with van der Waals surface area (Å²) in [7, 11) is 0. The third-order valence-corrected chi connectivity index (χ3v) is 5.53. The van der Waals surface area contributed by atoms with Crippen molar-refractivity contribution in [2.24, 2.45) is 23.7 Å². The molecule has 0 aromatic rings. The molecule has 0 aliphatic heterocycles. The number of aliphatic carboxylic acids is 1. The zero-order valence-corrected chi connectivity index (χ0v) is 19.8. The summed E-state index contributed by atoms with van der Waals surface area (Å²) in [4.78, 5) is 18.8. The summed E-state index contributed by atoms with van der Waals surface area (Å²) >= 11 is 0. The minimum Gasteiger partial charge on any atom is -0.481 e. The van der Waals surface area contributed by atoms with Crippen molar-refractivity contribution >= 4 is 11.9 Å². The van der Waals surface area contributed by atoms with Gasteiger partial charge in [0.1, 0.15) is 0 Å². The molecule has 2 fully saturated rings. The molecule has 0 bridgehead atoms. The molecule has 4 heteroatoms. The Bertz CT molecular complexity index is 339. The van der Waals surface area contributed by atoms with Crippen molar-refractivity contribution in [3.05, 3.63) is 0 Å². The van der Waals surface area contributed by atoms with Gasteiger partial charge in [-0.3, -0.25) is 9.59 Å². The number of carboxylic acid groups (broad SMARTS) is 1. The maximum atomic E-state index is 9.82. The second-order valence-electron chi connectivity index (χ2n) is 8.73. The van der Waals surface area contributed by atoms with Gasteiger partial charge in [-0.15, -0.1) is 0 Å². The quantitative estimate of drug-likeness (QED) is 0.513. The van der Waals surface area contributed by atoms with Crippen LogP contribution in [0.5, 0.6) is 0 Å². The second kappa shape index (κ2) is 19.3. The van der Waals surface area contributed by atoms with E-state index in [4.69, 9.17) is 9.90 Å². The summed E-state index contributed by atoms with van der Waals surface area (Å²) < 4.78 is 4.40. The van der Waals surface area contributed by atoms with E-state index in [0.717, 1.165) is 30.6 Å². The van der Waals surface area contributed by atoms with Crippen LogP contribution in [0.4, 0.5) is 0 Å². The van der Waals surface area contributed by atoms with Gasteiger partial charge in [0.2, 0.25) is 0 Å². The van der Waals surface area contributed by atoms with Gasteiger partial charge in [-0.25, -0.2) is 0 Å². The van der Waals surface area contributed by atoms with Crippen molar-refractivity contribution in [3.8, 4) is 0 Å². The Balaban J connectivity index is 0. The fourth-order valence-corrected chi connectivity index (χ4v) is 3.80. The maximum absolute atomic E-state index is 9.82. The highest BCUT2D eigenvalue weighted by Gasteiger charge is 2.16. The van der Waals surface area contributed by atoms with E-state index in [1.54, 1.807) is 6.92 Å². The fraction of sp³-hybridized carbons (Fsp3) is 0.917. The minimum atomic E-state index is -0.833.